The summed E-state index contributed by atoms with van der Waals surface area (Å²) in [6, 6.07) is 8.04. The van der Waals surface area contributed by atoms with Crippen molar-refractivity contribution in [2.75, 3.05) is 19.7 Å². The van der Waals surface area contributed by atoms with Crippen molar-refractivity contribution in [3.05, 3.63) is 29.8 Å². The predicted molar refractivity (Wildman–Crippen MR) is 84.3 cm³/mol. The van der Waals surface area contributed by atoms with Crippen molar-refractivity contribution in [3.63, 3.8) is 0 Å². The maximum atomic E-state index is 9.85. The zero-order chi connectivity index (χ0) is 14.6. The highest BCUT2D eigenvalue weighted by Crippen LogP contribution is 2.13. The molecule has 0 aliphatic rings. The van der Waals surface area contributed by atoms with Crippen molar-refractivity contribution in [2.24, 2.45) is 0 Å². The Morgan fingerprint density at radius 3 is 2.80 bits per heavy atom. The van der Waals surface area contributed by atoms with Gasteiger partial charge in [0.2, 0.25) is 0 Å². The SMILES string of the molecule is CCCCCCNCC(O)COc1cccc(CC)c1. The standard InChI is InChI=1S/C17H29NO2/c1-3-5-6-7-11-18-13-16(19)14-20-17-10-8-9-15(4-2)12-17/h8-10,12,16,18-19H,3-7,11,13-14H2,1-2H3. The van der Waals surface area contributed by atoms with Gasteiger partial charge in [-0.1, -0.05) is 45.2 Å². The molecule has 20 heavy (non-hydrogen) atoms. The Morgan fingerprint density at radius 2 is 2.05 bits per heavy atom. The van der Waals surface area contributed by atoms with E-state index in [9.17, 15) is 5.11 Å². The highest BCUT2D eigenvalue weighted by Gasteiger charge is 2.05. The Labute approximate surface area is 123 Å². The lowest BCUT2D eigenvalue weighted by atomic mass is 10.2. The molecule has 114 valence electrons. The van der Waals surface area contributed by atoms with Crippen LogP contribution in [0.15, 0.2) is 24.3 Å². The molecule has 0 radical (unpaired) electrons. The largest absolute Gasteiger partial charge is 0.491 e. The summed E-state index contributed by atoms with van der Waals surface area (Å²) in [7, 11) is 0. The number of aliphatic hydroxyl groups is 1. The van der Waals surface area contributed by atoms with E-state index < -0.39 is 6.10 Å². The molecule has 1 aromatic rings. The summed E-state index contributed by atoms with van der Waals surface area (Å²) in [5, 5.41) is 13.1. The van der Waals surface area contributed by atoms with Gasteiger partial charge in [0.1, 0.15) is 18.5 Å². The fraction of sp³-hybridized carbons (Fsp3) is 0.647. The van der Waals surface area contributed by atoms with Crippen LogP contribution in [0.4, 0.5) is 0 Å². The first-order valence-corrected chi connectivity index (χ1v) is 7.86. The number of hydrogen-bond acceptors (Lipinski definition) is 3. The van der Waals surface area contributed by atoms with E-state index in [1.807, 2.05) is 18.2 Å². The second-order valence-corrected chi connectivity index (χ2v) is 5.23. The lowest BCUT2D eigenvalue weighted by Gasteiger charge is -2.13. The summed E-state index contributed by atoms with van der Waals surface area (Å²) in [6.07, 6.45) is 5.54. The molecule has 1 aromatic carbocycles. The number of benzene rings is 1. The maximum Gasteiger partial charge on any atom is 0.119 e. The maximum absolute atomic E-state index is 9.85. The van der Waals surface area contributed by atoms with Crippen LogP contribution in [0.2, 0.25) is 0 Å². The number of rotatable bonds is 11. The predicted octanol–water partition coefficient (Wildman–Crippen LogP) is 3.16. The van der Waals surface area contributed by atoms with Crippen LogP contribution in [0.5, 0.6) is 5.75 Å². The quantitative estimate of drug-likeness (QED) is 0.611. The van der Waals surface area contributed by atoms with Crippen LogP contribution >= 0.6 is 0 Å². The monoisotopic (exact) mass is 279 g/mol. The van der Waals surface area contributed by atoms with Crippen LogP contribution in [0.3, 0.4) is 0 Å². The van der Waals surface area contributed by atoms with Crippen molar-refractivity contribution < 1.29 is 9.84 Å². The van der Waals surface area contributed by atoms with Crippen molar-refractivity contribution in [1.82, 2.24) is 5.32 Å². The van der Waals surface area contributed by atoms with E-state index in [4.69, 9.17) is 4.74 Å². The van der Waals surface area contributed by atoms with Gasteiger partial charge in [-0.05, 0) is 37.1 Å². The van der Waals surface area contributed by atoms with E-state index in [2.05, 4.69) is 25.2 Å². The second kappa shape index (κ2) is 10.7. The molecule has 0 bridgehead atoms. The van der Waals surface area contributed by atoms with E-state index in [0.29, 0.717) is 13.2 Å². The molecular weight excluding hydrogens is 250 g/mol. The molecule has 0 aliphatic heterocycles. The van der Waals surface area contributed by atoms with Crippen molar-refractivity contribution >= 4 is 0 Å². The van der Waals surface area contributed by atoms with E-state index in [1.165, 1.54) is 31.2 Å². The van der Waals surface area contributed by atoms with Crippen LogP contribution < -0.4 is 10.1 Å². The van der Waals surface area contributed by atoms with Gasteiger partial charge in [-0.15, -0.1) is 0 Å². The van der Waals surface area contributed by atoms with Gasteiger partial charge in [0.25, 0.3) is 0 Å². The van der Waals surface area contributed by atoms with Crippen LogP contribution in [-0.4, -0.2) is 30.9 Å². The average Bonchev–Trinajstić information content (AvgIpc) is 2.49. The Hall–Kier alpha value is -1.06. The van der Waals surface area contributed by atoms with Gasteiger partial charge >= 0.3 is 0 Å². The first kappa shape index (κ1) is 17.0. The average molecular weight is 279 g/mol. The molecule has 0 saturated heterocycles. The Balaban J connectivity index is 2.11. The van der Waals surface area contributed by atoms with E-state index >= 15 is 0 Å². The first-order chi connectivity index (χ1) is 9.76. The molecule has 0 aromatic heterocycles. The smallest absolute Gasteiger partial charge is 0.119 e. The molecule has 1 unspecified atom stereocenters. The number of hydrogen-bond donors (Lipinski definition) is 2. The number of aryl methyl sites for hydroxylation is 1. The molecule has 0 saturated carbocycles. The Morgan fingerprint density at radius 1 is 1.20 bits per heavy atom. The van der Waals surface area contributed by atoms with Gasteiger partial charge in [0, 0.05) is 6.54 Å². The lowest BCUT2D eigenvalue weighted by Crippen LogP contribution is -2.32. The minimum Gasteiger partial charge on any atom is -0.491 e. The van der Waals surface area contributed by atoms with Gasteiger partial charge in [0.15, 0.2) is 0 Å². The van der Waals surface area contributed by atoms with Crippen LogP contribution in [0.1, 0.15) is 45.1 Å². The van der Waals surface area contributed by atoms with Crippen molar-refractivity contribution in [3.8, 4) is 5.75 Å². The highest BCUT2D eigenvalue weighted by molar-refractivity contribution is 5.28. The third-order valence-electron chi connectivity index (χ3n) is 3.34. The van der Waals surface area contributed by atoms with Crippen LogP contribution in [0.25, 0.3) is 0 Å². The molecule has 1 atom stereocenters. The summed E-state index contributed by atoms with van der Waals surface area (Å²) < 4.78 is 5.62. The number of aliphatic hydroxyl groups excluding tert-OH is 1. The summed E-state index contributed by atoms with van der Waals surface area (Å²) >= 11 is 0. The molecule has 0 heterocycles. The topological polar surface area (TPSA) is 41.5 Å². The third kappa shape index (κ3) is 7.51. The van der Waals surface area contributed by atoms with Gasteiger partial charge in [0.05, 0.1) is 0 Å². The summed E-state index contributed by atoms with van der Waals surface area (Å²) in [5.74, 6) is 0.839. The zero-order valence-corrected chi connectivity index (χ0v) is 12.9. The molecule has 3 heteroatoms. The van der Waals surface area contributed by atoms with E-state index in [0.717, 1.165) is 18.7 Å². The molecule has 0 aliphatic carbocycles. The fourth-order valence-electron chi connectivity index (χ4n) is 2.05. The van der Waals surface area contributed by atoms with E-state index in [1.54, 1.807) is 0 Å². The fourth-order valence-corrected chi connectivity index (χ4v) is 2.05. The van der Waals surface area contributed by atoms with Crippen LogP contribution in [0, 0.1) is 0 Å². The van der Waals surface area contributed by atoms with Gasteiger partial charge in [-0.25, -0.2) is 0 Å². The third-order valence-corrected chi connectivity index (χ3v) is 3.34. The summed E-state index contributed by atoms with van der Waals surface area (Å²) in [4.78, 5) is 0. The zero-order valence-electron chi connectivity index (χ0n) is 12.9. The first-order valence-electron chi connectivity index (χ1n) is 7.86. The summed E-state index contributed by atoms with van der Waals surface area (Å²) in [6.45, 7) is 6.25. The number of ether oxygens (including phenoxy) is 1. The molecule has 0 fully saturated rings. The second-order valence-electron chi connectivity index (χ2n) is 5.23. The molecule has 3 nitrogen and oxygen atoms in total. The van der Waals surface area contributed by atoms with Gasteiger partial charge < -0.3 is 15.2 Å². The lowest BCUT2D eigenvalue weighted by molar-refractivity contribution is 0.106. The molecule has 2 N–H and O–H groups in total. The number of unbranched alkanes of at least 4 members (excludes halogenated alkanes) is 3. The Kier molecular flexibility index (Phi) is 9.09. The molecule has 1 rings (SSSR count). The summed E-state index contributed by atoms with van der Waals surface area (Å²) in [5.41, 5.74) is 1.26. The molecule has 0 spiro atoms. The normalized spacial score (nSPS) is 12.3. The van der Waals surface area contributed by atoms with Crippen molar-refractivity contribution in [2.45, 2.75) is 52.1 Å². The van der Waals surface area contributed by atoms with Crippen LogP contribution in [-0.2, 0) is 6.42 Å². The van der Waals surface area contributed by atoms with E-state index in [-0.39, 0.29) is 0 Å². The Bertz CT molecular complexity index is 355. The minimum atomic E-state index is -0.452. The molecule has 0 amide bonds. The molecular formula is C17H29NO2. The van der Waals surface area contributed by atoms with Crippen molar-refractivity contribution in [1.29, 1.82) is 0 Å². The minimum absolute atomic E-state index is 0.342. The van der Waals surface area contributed by atoms with Gasteiger partial charge in [-0.2, -0.15) is 0 Å². The number of nitrogens with one attached hydrogen (secondary N) is 1. The van der Waals surface area contributed by atoms with Gasteiger partial charge in [-0.3, -0.25) is 0 Å². The highest BCUT2D eigenvalue weighted by atomic mass is 16.5.